The molecule has 0 aliphatic carbocycles. The van der Waals surface area contributed by atoms with E-state index < -0.39 is 11.8 Å². The molecule has 4 rings (SSSR count). The zero-order chi connectivity index (χ0) is 28.5. The van der Waals surface area contributed by atoms with E-state index in [1.54, 1.807) is 97.1 Å². The monoisotopic (exact) mass is 609 g/mol. The molecule has 40 heavy (non-hydrogen) atoms. The summed E-state index contributed by atoms with van der Waals surface area (Å²) in [5.74, 6) is -1.08. The largest absolute Gasteiger partial charge is 0.325 e. The van der Waals surface area contributed by atoms with E-state index in [4.69, 9.17) is 34.8 Å². The van der Waals surface area contributed by atoms with Crippen molar-refractivity contribution in [3.05, 3.63) is 129 Å². The molecule has 0 bridgehead atoms. The normalized spacial score (nSPS) is 11.0. The lowest BCUT2D eigenvalue weighted by Gasteiger charge is -2.12. The summed E-state index contributed by atoms with van der Waals surface area (Å²) in [6.07, 6.45) is 1.55. The van der Waals surface area contributed by atoms with Gasteiger partial charge in [0.2, 0.25) is 5.91 Å². The highest BCUT2D eigenvalue weighted by atomic mass is 35.5. The smallest absolute Gasteiger partial charge is 0.272 e. The van der Waals surface area contributed by atoms with Gasteiger partial charge in [0.1, 0.15) is 5.70 Å². The molecule has 0 radical (unpaired) electrons. The molecule has 0 saturated carbocycles. The molecule has 3 N–H and O–H groups in total. The average molecular weight is 611 g/mol. The van der Waals surface area contributed by atoms with E-state index in [9.17, 15) is 14.4 Å². The third-order valence-corrected chi connectivity index (χ3v) is 6.96. The lowest BCUT2D eigenvalue weighted by atomic mass is 10.1. The SMILES string of the molecule is O=C(CSc1cccc(NC(=O)/C(=C/c2cccc(Cl)c2)NC(=O)c2ccccc2)c1)Nc1cc(Cl)cc(Cl)c1. The van der Waals surface area contributed by atoms with Gasteiger partial charge in [-0.1, -0.05) is 71.2 Å². The number of rotatable bonds is 9. The fourth-order valence-electron chi connectivity index (χ4n) is 3.54. The van der Waals surface area contributed by atoms with Crippen LogP contribution in [0.2, 0.25) is 15.1 Å². The Bertz CT molecular complexity index is 1560. The van der Waals surface area contributed by atoms with E-state index in [-0.39, 0.29) is 17.4 Å². The van der Waals surface area contributed by atoms with Gasteiger partial charge in [-0.05, 0) is 72.3 Å². The number of amides is 3. The first kappa shape index (κ1) is 29.2. The van der Waals surface area contributed by atoms with E-state index in [0.717, 1.165) is 4.90 Å². The van der Waals surface area contributed by atoms with Gasteiger partial charge >= 0.3 is 0 Å². The Morgan fingerprint density at radius 3 is 2.15 bits per heavy atom. The third-order valence-electron chi connectivity index (χ3n) is 5.30. The van der Waals surface area contributed by atoms with Gasteiger partial charge in [0.05, 0.1) is 5.75 Å². The molecule has 0 heterocycles. The van der Waals surface area contributed by atoms with Crippen molar-refractivity contribution in [2.24, 2.45) is 0 Å². The molecule has 0 aromatic heterocycles. The summed E-state index contributed by atoms with van der Waals surface area (Å²) in [5, 5.41) is 9.61. The first-order valence-corrected chi connectivity index (χ1v) is 14.0. The number of hydrogen-bond acceptors (Lipinski definition) is 4. The van der Waals surface area contributed by atoms with Crippen LogP contribution in [0.5, 0.6) is 0 Å². The van der Waals surface area contributed by atoms with Crippen molar-refractivity contribution in [1.82, 2.24) is 5.32 Å². The van der Waals surface area contributed by atoms with Crippen molar-refractivity contribution in [3.63, 3.8) is 0 Å². The first-order chi connectivity index (χ1) is 19.2. The second kappa shape index (κ2) is 14.1. The van der Waals surface area contributed by atoms with E-state index in [1.807, 2.05) is 6.07 Å². The van der Waals surface area contributed by atoms with E-state index >= 15 is 0 Å². The molecule has 0 unspecified atom stereocenters. The molecule has 0 aliphatic rings. The van der Waals surface area contributed by atoms with Crippen molar-refractivity contribution in [1.29, 1.82) is 0 Å². The zero-order valence-corrected chi connectivity index (χ0v) is 23.9. The fourth-order valence-corrected chi connectivity index (χ4v) is 5.02. The number of hydrogen-bond donors (Lipinski definition) is 3. The minimum Gasteiger partial charge on any atom is -0.325 e. The first-order valence-electron chi connectivity index (χ1n) is 11.9. The molecule has 10 heteroatoms. The molecule has 0 aliphatic heterocycles. The molecule has 202 valence electrons. The Balaban J connectivity index is 1.45. The maximum atomic E-state index is 13.3. The minimum absolute atomic E-state index is 0.0359. The predicted molar refractivity (Wildman–Crippen MR) is 164 cm³/mol. The molecule has 0 atom stereocenters. The lowest BCUT2D eigenvalue weighted by Crippen LogP contribution is -2.30. The molecule has 0 spiro atoms. The quantitative estimate of drug-likeness (QED) is 0.133. The Morgan fingerprint density at radius 1 is 0.700 bits per heavy atom. The number of carbonyl (C=O) groups excluding carboxylic acids is 3. The van der Waals surface area contributed by atoms with Crippen molar-refractivity contribution in [2.45, 2.75) is 4.90 Å². The fraction of sp³-hybridized carbons (Fsp3) is 0.0333. The predicted octanol–water partition coefficient (Wildman–Crippen LogP) is 7.79. The molecule has 3 amide bonds. The number of nitrogens with one attached hydrogen (secondary N) is 3. The average Bonchev–Trinajstić information content (AvgIpc) is 2.91. The van der Waals surface area contributed by atoms with Crippen molar-refractivity contribution >= 4 is 81.7 Å². The van der Waals surface area contributed by atoms with Gasteiger partial charge in [0.25, 0.3) is 11.8 Å². The summed E-state index contributed by atoms with van der Waals surface area (Å²) in [6, 6.07) is 27.3. The highest BCUT2D eigenvalue weighted by molar-refractivity contribution is 8.00. The molecular formula is C30H22Cl3N3O3S. The van der Waals surface area contributed by atoms with Crippen LogP contribution in [0, 0.1) is 0 Å². The van der Waals surface area contributed by atoms with Gasteiger partial charge in [-0.3, -0.25) is 14.4 Å². The molecule has 6 nitrogen and oxygen atoms in total. The van der Waals surface area contributed by atoms with Crippen LogP contribution in [0.1, 0.15) is 15.9 Å². The van der Waals surface area contributed by atoms with Gasteiger partial charge in [-0.25, -0.2) is 0 Å². The number of anilines is 2. The summed E-state index contributed by atoms with van der Waals surface area (Å²) in [4.78, 5) is 39.3. The van der Waals surface area contributed by atoms with Crippen LogP contribution in [0.25, 0.3) is 6.08 Å². The maximum Gasteiger partial charge on any atom is 0.272 e. The van der Waals surface area contributed by atoms with Crippen molar-refractivity contribution in [3.8, 4) is 0 Å². The highest BCUT2D eigenvalue weighted by Gasteiger charge is 2.16. The van der Waals surface area contributed by atoms with E-state index in [0.29, 0.717) is 37.6 Å². The second-order valence-electron chi connectivity index (χ2n) is 8.41. The topological polar surface area (TPSA) is 87.3 Å². The van der Waals surface area contributed by atoms with Gasteiger partial charge < -0.3 is 16.0 Å². The van der Waals surface area contributed by atoms with Crippen molar-refractivity contribution < 1.29 is 14.4 Å². The Hall–Kier alpha value is -3.75. The van der Waals surface area contributed by atoms with Gasteiger partial charge in [0.15, 0.2) is 0 Å². The number of benzene rings is 4. The van der Waals surface area contributed by atoms with Gasteiger partial charge in [0, 0.05) is 36.9 Å². The summed E-state index contributed by atoms with van der Waals surface area (Å²) in [7, 11) is 0. The number of halogens is 3. The molecular weight excluding hydrogens is 589 g/mol. The third kappa shape index (κ3) is 8.89. The zero-order valence-electron chi connectivity index (χ0n) is 20.8. The molecule has 0 fully saturated rings. The maximum absolute atomic E-state index is 13.3. The van der Waals surface area contributed by atoms with Crippen LogP contribution >= 0.6 is 46.6 Å². The standard InChI is InChI=1S/C30H22Cl3N3O3S/c31-21-9-4-6-19(12-21)13-27(36-29(38)20-7-2-1-3-8-20)30(39)35-24-10-5-11-26(17-24)40-18-28(37)34-25-15-22(32)14-23(33)16-25/h1-17H,18H2,(H,34,37)(H,35,39)(H,36,38)/b27-13-. The summed E-state index contributed by atoms with van der Waals surface area (Å²) >= 11 is 19.4. The van der Waals surface area contributed by atoms with Gasteiger partial charge in [-0.15, -0.1) is 11.8 Å². The lowest BCUT2D eigenvalue weighted by molar-refractivity contribution is -0.114. The van der Waals surface area contributed by atoms with Crippen LogP contribution in [-0.2, 0) is 9.59 Å². The number of carbonyl (C=O) groups is 3. The summed E-state index contributed by atoms with van der Waals surface area (Å²) < 4.78 is 0. The van der Waals surface area contributed by atoms with Crippen molar-refractivity contribution in [2.75, 3.05) is 16.4 Å². The Labute approximate surface area is 250 Å². The molecule has 4 aromatic rings. The highest BCUT2D eigenvalue weighted by Crippen LogP contribution is 2.25. The van der Waals surface area contributed by atoms with Crippen LogP contribution in [0.4, 0.5) is 11.4 Å². The Kier molecular flexibility index (Phi) is 10.3. The summed E-state index contributed by atoms with van der Waals surface area (Å²) in [5.41, 5.74) is 2.07. The second-order valence-corrected chi connectivity index (χ2v) is 10.8. The van der Waals surface area contributed by atoms with Crippen LogP contribution in [-0.4, -0.2) is 23.5 Å². The van der Waals surface area contributed by atoms with E-state index in [1.165, 1.54) is 11.8 Å². The van der Waals surface area contributed by atoms with Crippen LogP contribution < -0.4 is 16.0 Å². The van der Waals surface area contributed by atoms with Crippen LogP contribution in [0.15, 0.2) is 108 Å². The van der Waals surface area contributed by atoms with E-state index in [2.05, 4.69) is 16.0 Å². The Morgan fingerprint density at radius 2 is 1.43 bits per heavy atom. The summed E-state index contributed by atoms with van der Waals surface area (Å²) in [6.45, 7) is 0. The number of thioether (sulfide) groups is 1. The minimum atomic E-state index is -0.526. The van der Waals surface area contributed by atoms with Gasteiger partial charge in [-0.2, -0.15) is 0 Å². The van der Waals surface area contributed by atoms with Crippen LogP contribution in [0.3, 0.4) is 0 Å². The molecule has 0 saturated heterocycles. The molecule has 4 aromatic carbocycles.